The van der Waals surface area contributed by atoms with Crippen LogP contribution in [0.4, 0.5) is 0 Å². The Morgan fingerprint density at radius 3 is 2.84 bits per heavy atom. The monoisotopic (exact) mass is 270 g/mol. The predicted octanol–water partition coefficient (Wildman–Crippen LogP) is 2.14. The van der Waals surface area contributed by atoms with Crippen LogP contribution in [0.25, 0.3) is 0 Å². The molecule has 4 heteroatoms. The van der Waals surface area contributed by atoms with Gasteiger partial charge in [-0.2, -0.15) is 0 Å². The summed E-state index contributed by atoms with van der Waals surface area (Å²) >= 11 is 0. The molecule has 4 nitrogen and oxygen atoms in total. The van der Waals surface area contributed by atoms with Crippen LogP contribution in [-0.2, 0) is 9.53 Å². The normalized spacial score (nSPS) is 20.5. The maximum Gasteiger partial charge on any atom is 0.219 e. The highest BCUT2D eigenvalue weighted by atomic mass is 16.5. The summed E-state index contributed by atoms with van der Waals surface area (Å²) in [6.45, 7) is 8.77. The van der Waals surface area contributed by atoms with Crippen LogP contribution in [0.5, 0.6) is 0 Å². The van der Waals surface area contributed by atoms with Gasteiger partial charge < -0.3 is 9.64 Å². The van der Waals surface area contributed by atoms with Crippen LogP contribution < -0.4 is 0 Å². The third-order valence-electron chi connectivity index (χ3n) is 3.87. The first-order chi connectivity index (χ1) is 9.13. The second kappa shape index (κ2) is 9.32. The summed E-state index contributed by atoms with van der Waals surface area (Å²) in [6, 6.07) is 0. The second-order valence-electron chi connectivity index (χ2n) is 5.58. The van der Waals surface area contributed by atoms with Gasteiger partial charge in [0.1, 0.15) is 0 Å². The van der Waals surface area contributed by atoms with Gasteiger partial charge in [-0.05, 0) is 19.4 Å². The molecular weight excluding hydrogens is 240 g/mol. The lowest BCUT2D eigenvalue weighted by Gasteiger charge is -2.33. The zero-order chi connectivity index (χ0) is 14.1. The summed E-state index contributed by atoms with van der Waals surface area (Å²) in [5.41, 5.74) is 0. The Hall–Kier alpha value is -0.610. The molecule has 1 fully saturated rings. The van der Waals surface area contributed by atoms with Gasteiger partial charge in [0.15, 0.2) is 0 Å². The summed E-state index contributed by atoms with van der Waals surface area (Å²) in [5.74, 6) is 0.132. The number of unbranched alkanes of at least 4 members (excludes halogenated alkanes) is 3. The molecule has 112 valence electrons. The molecular formula is C15H30N2O2. The van der Waals surface area contributed by atoms with Gasteiger partial charge in [0.25, 0.3) is 0 Å². The molecule has 0 N–H and O–H groups in total. The smallest absolute Gasteiger partial charge is 0.219 e. The third kappa shape index (κ3) is 6.92. The van der Waals surface area contributed by atoms with E-state index in [9.17, 15) is 4.79 Å². The highest BCUT2D eigenvalue weighted by molar-refractivity contribution is 5.72. The summed E-state index contributed by atoms with van der Waals surface area (Å²) in [5, 5.41) is 0. The largest absolute Gasteiger partial charge is 0.375 e. The van der Waals surface area contributed by atoms with Gasteiger partial charge in [-0.15, -0.1) is 0 Å². The standard InChI is InChI=1S/C15H30N2O2/c1-4-5-6-7-9-17-11-12-19-15(13-17)8-10-16(3)14(2)18/h15H,4-13H2,1-3H3/t15-/m0/s1. The Kier molecular flexibility index (Phi) is 8.07. The minimum absolute atomic E-state index is 0.132. The molecule has 0 aliphatic carbocycles. The maximum atomic E-state index is 11.2. The summed E-state index contributed by atoms with van der Waals surface area (Å²) in [7, 11) is 1.85. The molecule has 1 amide bonds. The molecule has 1 atom stereocenters. The zero-order valence-corrected chi connectivity index (χ0v) is 12.9. The third-order valence-corrected chi connectivity index (χ3v) is 3.87. The van der Waals surface area contributed by atoms with E-state index in [1.54, 1.807) is 11.8 Å². The molecule has 19 heavy (non-hydrogen) atoms. The van der Waals surface area contributed by atoms with E-state index in [0.29, 0.717) is 6.10 Å². The van der Waals surface area contributed by atoms with Crippen LogP contribution in [0.15, 0.2) is 0 Å². The van der Waals surface area contributed by atoms with Crippen LogP contribution in [0, 0.1) is 0 Å². The van der Waals surface area contributed by atoms with Crippen molar-refractivity contribution in [3.8, 4) is 0 Å². The van der Waals surface area contributed by atoms with Crippen LogP contribution >= 0.6 is 0 Å². The fraction of sp³-hybridized carbons (Fsp3) is 0.933. The van der Waals surface area contributed by atoms with E-state index in [1.807, 2.05) is 7.05 Å². The lowest BCUT2D eigenvalue weighted by atomic mass is 10.1. The molecule has 0 aromatic heterocycles. The van der Waals surface area contributed by atoms with E-state index in [-0.39, 0.29) is 5.91 Å². The maximum absolute atomic E-state index is 11.2. The lowest BCUT2D eigenvalue weighted by Crippen LogP contribution is -2.44. The number of morpholine rings is 1. The van der Waals surface area contributed by atoms with Gasteiger partial charge in [0.05, 0.1) is 12.7 Å². The molecule has 0 spiro atoms. The van der Waals surface area contributed by atoms with Crippen molar-refractivity contribution in [2.75, 3.05) is 39.8 Å². The van der Waals surface area contributed by atoms with Crippen LogP contribution in [0.3, 0.4) is 0 Å². The number of carbonyl (C=O) groups excluding carboxylic acids is 1. The number of amides is 1. The Bertz CT molecular complexity index is 259. The molecule has 1 aliphatic rings. The van der Waals surface area contributed by atoms with Crippen molar-refractivity contribution in [2.45, 2.75) is 52.1 Å². The SMILES string of the molecule is CCCCCCN1CCO[C@@H](CCN(C)C(C)=O)C1. The fourth-order valence-electron chi connectivity index (χ4n) is 2.42. The molecule has 0 bridgehead atoms. The van der Waals surface area contributed by atoms with Crippen molar-refractivity contribution in [3.05, 3.63) is 0 Å². The minimum atomic E-state index is 0.132. The van der Waals surface area contributed by atoms with Crippen molar-refractivity contribution < 1.29 is 9.53 Å². The molecule has 1 saturated heterocycles. The van der Waals surface area contributed by atoms with E-state index in [2.05, 4.69) is 11.8 Å². The predicted molar refractivity (Wildman–Crippen MR) is 78.3 cm³/mol. The molecule has 0 aromatic carbocycles. The number of hydrogen-bond acceptors (Lipinski definition) is 3. The van der Waals surface area contributed by atoms with Gasteiger partial charge in [-0.1, -0.05) is 26.2 Å². The zero-order valence-electron chi connectivity index (χ0n) is 12.9. The molecule has 0 aromatic rings. The second-order valence-corrected chi connectivity index (χ2v) is 5.58. The van der Waals surface area contributed by atoms with Crippen molar-refractivity contribution in [2.24, 2.45) is 0 Å². The Balaban J connectivity index is 2.16. The van der Waals surface area contributed by atoms with Gasteiger partial charge in [-0.3, -0.25) is 9.69 Å². The lowest BCUT2D eigenvalue weighted by molar-refractivity contribution is -0.128. The molecule has 1 rings (SSSR count). The molecule has 0 radical (unpaired) electrons. The van der Waals surface area contributed by atoms with E-state index in [4.69, 9.17) is 4.74 Å². The van der Waals surface area contributed by atoms with Gasteiger partial charge >= 0.3 is 0 Å². The first-order valence-electron chi connectivity index (χ1n) is 7.69. The number of carbonyl (C=O) groups is 1. The molecule has 1 heterocycles. The molecule has 0 unspecified atom stereocenters. The first kappa shape index (κ1) is 16.4. The number of nitrogens with zero attached hydrogens (tertiary/aromatic N) is 2. The molecule has 0 saturated carbocycles. The van der Waals surface area contributed by atoms with Crippen molar-refractivity contribution in [1.29, 1.82) is 0 Å². The van der Waals surface area contributed by atoms with Crippen molar-refractivity contribution in [1.82, 2.24) is 9.80 Å². The van der Waals surface area contributed by atoms with Gasteiger partial charge in [-0.25, -0.2) is 0 Å². The minimum Gasteiger partial charge on any atom is -0.375 e. The summed E-state index contributed by atoms with van der Waals surface area (Å²) in [4.78, 5) is 15.4. The Morgan fingerprint density at radius 2 is 2.16 bits per heavy atom. The van der Waals surface area contributed by atoms with E-state index in [1.165, 1.54) is 32.2 Å². The fourth-order valence-corrected chi connectivity index (χ4v) is 2.42. The van der Waals surface area contributed by atoms with Crippen LogP contribution in [-0.4, -0.2) is 61.6 Å². The van der Waals surface area contributed by atoms with E-state index < -0.39 is 0 Å². The average Bonchev–Trinajstić information content (AvgIpc) is 2.41. The molecule has 1 aliphatic heterocycles. The van der Waals surface area contributed by atoms with Crippen molar-refractivity contribution >= 4 is 5.91 Å². The van der Waals surface area contributed by atoms with Crippen LogP contribution in [0.2, 0.25) is 0 Å². The Labute approximate surface area is 118 Å². The first-order valence-corrected chi connectivity index (χ1v) is 7.69. The quantitative estimate of drug-likeness (QED) is 0.634. The number of rotatable bonds is 8. The van der Waals surface area contributed by atoms with E-state index >= 15 is 0 Å². The number of ether oxygens (including phenoxy) is 1. The van der Waals surface area contributed by atoms with Gasteiger partial charge in [0.2, 0.25) is 5.91 Å². The summed E-state index contributed by atoms with van der Waals surface area (Å²) < 4.78 is 5.79. The van der Waals surface area contributed by atoms with Gasteiger partial charge in [0, 0.05) is 33.6 Å². The van der Waals surface area contributed by atoms with Crippen LogP contribution in [0.1, 0.15) is 46.0 Å². The highest BCUT2D eigenvalue weighted by Crippen LogP contribution is 2.11. The Morgan fingerprint density at radius 1 is 1.37 bits per heavy atom. The van der Waals surface area contributed by atoms with E-state index in [0.717, 1.165) is 32.7 Å². The van der Waals surface area contributed by atoms with Crippen molar-refractivity contribution in [3.63, 3.8) is 0 Å². The average molecular weight is 270 g/mol. The number of hydrogen-bond donors (Lipinski definition) is 0. The summed E-state index contributed by atoms with van der Waals surface area (Å²) in [6.07, 6.45) is 6.52. The highest BCUT2D eigenvalue weighted by Gasteiger charge is 2.20. The topological polar surface area (TPSA) is 32.8 Å².